The van der Waals surface area contributed by atoms with Crippen LogP contribution >= 0.6 is 11.3 Å². The third kappa shape index (κ3) is 3.74. The summed E-state index contributed by atoms with van der Waals surface area (Å²) in [6.45, 7) is 7.87. The first kappa shape index (κ1) is 19.9. The molecule has 5 nitrogen and oxygen atoms in total. The van der Waals surface area contributed by atoms with Gasteiger partial charge in [-0.2, -0.15) is 18.3 Å². The number of fused-ring (bicyclic) bond motifs is 1. The molecule has 148 valence electrons. The Morgan fingerprint density at radius 2 is 2.07 bits per heavy atom. The molecular weight excluding hydrogens is 379 g/mol. The molecule has 2 heterocycles. The number of thiazole rings is 1. The minimum absolute atomic E-state index is 0.00850. The molecule has 1 atom stereocenters. The van der Waals surface area contributed by atoms with Gasteiger partial charge >= 0.3 is 12.1 Å². The van der Waals surface area contributed by atoms with E-state index < -0.39 is 17.8 Å². The zero-order valence-corrected chi connectivity index (χ0v) is 16.5. The summed E-state index contributed by atoms with van der Waals surface area (Å²) in [5.41, 5.74) is -0.242. The van der Waals surface area contributed by atoms with Crippen LogP contribution in [0.3, 0.4) is 0 Å². The van der Waals surface area contributed by atoms with Gasteiger partial charge in [0, 0.05) is 16.9 Å². The molecule has 2 aromatic heterocycles. The van der Waals surface area contributed by atoms with E-state index in [0.717, 1.165) is 22.4 Å². The first-order valence-electron chi connectivity index (χ1n) is 8.86. The number of hydrogen-bond acceptors (Lipinski definition) is 5. The molecule has 9 heteroatoms. The number of ether oxygens (including phenoxy) is 1. The topological polar surface area (TPSA) is 57.0 Å². The van der Waals surface area contributed by atoms with Gasteiger partial charge in [0.15, 0.2) is 11.4 Å². The number of carbonyl (C=O) groups is 1. The lowest BCUT2D eigenvalue weighted by Crippen LogP contribution is -2.23. The van der Waals surface area contributed by atoms with Crippen molar-refractivity contribution in [2.24, 2.45) is 5.41 Å². The predicted molar refractivity (Wildman–Crippen MR) is 95.3 cm³/mol. The fourth-order valence-corrected chi connectivity index (χ4v) is 4.30. The Morgan fingerprint density at radius 1 is 1.37 bits per heavy atom. The van der Waals surface area contributed by atoms with Gasteiger partial charge in [-0.1, -0.05) is 20.8 Å². The van der Waals surface area contributed by atoms with Crippen molar-refractivity contribution in [3.63, 3.8) is 0 Å². The third-order valence-electron chi connectivity index (χ3n) is 4.74. The molecule has 0 radical (unpaired) electrons. The number of nitrogens with zero attached hydrogens (tertiary/aromatic N) is 3. The molecule has 0 saturated heterocycles. The Morgan fingerprint density at radius 3 is 2.67 bits per heavy atom. The van der Waals surface area contributed by atoms with Crippen LogP contribution in [0.2, 0.25) is 0 Å². The van der Waals surface area contributed by atoms with Crippen molar-refractivity contribution in [1.82, 2.24) is 14.8 Å². The summed E-state index contributed by atoms with van der Waals surface area (Å²) < 4.78 is 47.4. The van der Waals surface area contributed by atoms with E-state index in [-0.39, 0.29) is 34.3 Å². The van der Waals surface area contributed by atoms with Crippen LogP contribution in [0.5, 0.6) is 0 Å². The summed E-state index contributed by atoms with van der Waals surface area (Å²) in [7, 11) is 0. The second kappa shape index (κ2) is 6.92. The van der Waals surface area contributed by atoms with Gasteiger partial charge in [0.05, 0.1) is 12.3 Å². The van der Waals surface area contributed by atoms with Gasteiger partial charge in [-0.15, -0.1) is 11.3 Å². The predicted octanol–water partition coefficient (Wildman–Crippen LogP) is 4.99. The van der Waals surface area contributed by atoms with Crippen molar-refractivity contribution >= 4 is 17.3 Å². The molecule has 0 spiro atoms. The van der Waals surface area contributed by atoms with Crippen molar-refractivity contribution in [1.29, 1.82) is 0 Å². The van der Waals surface area contributed by atoms with Gasteiger partial charge in [0.25, 0.3) is 0 Å². The maximum absolute atomic E-state index is 13.9. The van der Waals surface area contributed by atoms with Gasteiger partial charge in [0.1, 0.15) is 0 Å². The number of rotatable bonds is 3. The summed E-state index contributed by atoms with van der Waals surface area (Å²) in [6, 6.07) is 0. The Labute approximate surface area is 159 Å². The Kier molecular flexibility index (Phi) is 5.09. The number of aromatic nitrogens is 3. The van der Waals surface area contributed by atoms with E-state index in [9.17, 15) is 18.0 Å². The highest BCUT2D eigenvalue weighted by molar-refractivity contribution is 7.12. The fourth-order valence-electron chi connectivity index (χ4n) is 3.55. The number of alkyl halides is 3. The highest BCUT2D eigenvalue weighted by atomic mass is 32.1. The Balaban J connectivity index is 2.14. The maximum atomic E-state index is 13.9. The smallest absolute Gasteiger partial charge is 0.433 e. The van der Waals surface area contributed by atoms with E-state index in [1.807, 2.05) is 20.8 Å². The van der Waals surface area contributed by atoms with E-state index in [4.69, 9.17) is 4.74 Å². The van der Waals surface area contributed by atoms with Gasteiger partial charge < -0.3 is 4.74 Å². The van der Waals surface area contributed by atoms with Crippen LogP contribution in [0.15, 0.2) is 5.38 Å². The van der Waals surface area contributed by atoms with Gasteiger partial charge in [-0.3, -0.25) is 0 Å². The highest BCUT2D eigenvalue weighted by Gasteiger charge is 2.44. The molecule has 1 unspecified atom stereocenters. The number of esters is 1. The molecule has 2 aromatic rings. The van der Waals surface area contributed by atoms with E-state index in [2.05, 4.69) is 10.1 Å². The summed E-state index contributed by atoms with van der Waals surface area (Å²) in [5.74, 6) is -0.717. The monoisotopic (exact) mass is 401 g/mol. The second-order valence-electron chi connectivity index (χ2n) is 7.67. The van der Waals surface area contributed by atoms with Crippen LogP contribution in [-0.2, 0) is 17.3 Å². The van der Waals surface area contributed by atoms with Crippen LogP contribution in [0.25, 0.3) is 5.13 Å². The molecule has 27 heavy (non-hydrogen) atoms. The average molecular weight is 401 g/mol. The lowest BCUT2D eigenvalue weighted by Gasteiger charge is -2.33. The van der Waals surface area contributed by atoms with Crippen molar-refractivity contribution < 1.29 is 22.7 Å². The molecule has 0 aromatic carbocycles. The first-order chi connectivity index (χ1) is 12.5. The van der Waals surface area contributed by atoms with Crippen molar-refractivity contribution in [3.05, 3.63) is 28.0 Å². The van der Waals surface area contributed by atoms with Crippen LogP contribution in [0.1, 0.15) is 73.9 Å². The number of hydrogen-bond donors (Lipinski definition) is 0. The molecule has 0 amide bonds. The summed E-state index contributed by atoms with van der Waals surface area (Å²) in [4.78, 5) is 15.9. The maximum Gasteiger partial charge on any atom is 0.433 e. The minimum Gasteiger partial charge on any atom is -0.461 e. The van der Waals surface area contributed by atoms with Crippen molar-refractivity contribution in [3.8, 4) is 5.13 Å². The van der Waals surface area contributed by atoms with E-state index in [0.29, 0.717) is 18.5 Å². The van der Waals surface area contributed by atoms with E-state index >= 15 is 0 Å². The molecule has 0 aliphatic heterocycles. The fraction of sp³-hybridized carbons (Fsp3) is 0.611. The average Bonchev–Trinajstić information content (AvgIpc) is 3.17. The lowest BCUT2D eigenvalue weighted by atomic mass is 9.71. The SMILES string of the molecule is CCOC(=O)c1csc(-n2nc3c(c2C(F)(F)F)CCCC3C(C)(C)C)n1. The minimum atomic E-state index is -4.56. The Hall–Kier alpha value is -1.90. The van der Waals surface area contributed by atoms with Crippen molar-refractivity contribution in [2.75, 3.05) is 6.61 Å². The number of halogens is 3. The molecule has 0 fully saturated rings. The highest BCUT2D eigenvalue weighted by Crippen LogP contribution is 2.47. The summed E-state index contributed by atoms with van der Waals surface area (Å²) in [6.07, 6.45) is -2.73. The molecular formula is C18H22F3N3O2S. The van der Waals surface area contributed by atoms with Gasteiger partial charge in [0.2, 0.25) is 5.13 Å². The molecule has 0 saturated carbocycles. The molecule has 0 N–H and O–H groups in total. The normalized spacial score (nSPS) is 17.7. The third-order valence-corrected chi connectivity index (χ3v) is 5.55. The molecule has 1 aliphatic rings. The van der Waals surface area contributed by atoms with Crippen LogP contribution in [0, 0.1) is 5.41 Å². The molecule has 3 rings (SSSR count). The van der Waals surface area contributed by atoms with Crippen LogP contribution in [-0.4, -0.2) is 27.3 Å². The summed E-state index contributed by atoms with van der Waals surface area (Å²) >= 11 is 0.948. The first-order valence-corrected chi connectivity index (χ1v) is 9.74. The van der Waals surface area contributed by atoms with Crippen LogP contribution < -0.4 is 0 Å². The lowest BCUT2D eigenvalue weighted by molar-refractivity contribution is -0.143. The summed E-state index contributed by atoms with van der Waals surface area (Å²) in [5, 5.41) is 5.77. The standard InChI is InChI=1S/C18H22F3N3O2S/c1-5-26-15(25)12-9-27-16(22-12)24-14(18(19,20)21)10-7-6-8-11(13(10)23-24)17(2,3)4/h9,11H,5-8H2,1-4H3. The van der Waals surface area contributed by atoms with Gasteiger partial charge in [-0.05, 0) is 31.6 Å². The Bertz CT molecular complexity index is 849. The quantitative estimate of drug-likeness (QED) is 0.680. The molecule has 0 bridgehead atoms. The largest absolute Gasteiger partial charge is 0.461 e. The zero-order valence-electron chi connectivity index (χ0n) is 15.7. The molecule has 1 aliphatic carbocycles. The van der Waals surface area contributed by atoms with Crippen LogP contribution in [0.4, 0.5) is 13.2 Å². The van der Waals surface area contributed by atoms with Gasteiger partial charge in [-0.25, -0.2) is 14.5 Å². The van der Waals surface area contributed by atoms with E-state index in [1.165, 1.54) is 5.38 Å². The van der Waals surface area contributed by atoms with E-state index in [1.54, 1.807) is 6.92 Å². The number of carbonyl (C=O) groups excluding carboxylic acids is 1. The zero-order chi connectivity index (χ0) is 20.0. The van der Waals surface area contributed by atoms with Crippen molar-refractivity contribution in [2.45, 2.75) is 59.1 Å². The second-order valence-corrected chi connectivity index (χ2v) is 8.51.